The fourth-order valence-electron chi connectivity index (χ4n) is 2.18. The van der Waals surface area contributed by atoms with Crippen molar-refractivity contribution in [2.75, 3.05) is 18.8 Å². The van der Waals surface area contributed by atoms with Gasteiger partial charge < -0.3 is 4.90 Å². The first-order valence-corrected chi connectivity index (χ1v) is 6.63. The minimum absolute atomic E-state index is 0.261. The molecule has 1 aliphatic rings. The van der Waals surface area contributed by atoms with Gasteiger partial charge in [0.15, 0.2) is 0 Å². The van der Waals surface area contributed by atoms with Crippen LogP contribution < -0.4 is 0 Å². The molecule has 0 bridgehead atoms. The lowest BCUT2D eigenvalue weighted by molar-refractivity contribution is -0.127. The van der Waals surface area contributed by atoms with Gasteiger partial charge >= 0.3 is 0 Å². The third kappa shape index (κ3) is 3.22. The molecule has 0 N–H and O–H groups in total. The van der Waals surface area contributed by atoms with E-state index in [1.165, 1.54) is 0 Å². The van der Waals surface area contributed by atoms with E-state index in [1.807, 2.05) is 30.0 Å². The van der Waals surface area contributed by atoms with Gasteiger partial charge in [-0.3, -0.25) is 9.78 Å². The topological polar surface area (TPSA) is 33.2 Å². The van der Waals surface area contributed by atoms with E-state index in [-0.39, 0.29) is 5.91 Å². The van der Waals surface area contributed by atoms with Crippen LogP contribution in [0, 0.1) is 12.8 Å². The summed E-state index contributed by atoms with van der Waals surface area (Å²) < 4.78 is 0. The summed E-state index contributed by atoms with van der Waals surface area (Å²) >= 11 is 4.26. The van der Waals surface area contributed by atoms with E-state index in [4.69, 9.17) is 0 Å². The summed E-state index contributed by atoms with van der Waals surface area (Å²) in [7, 11) is 0. The van der Waals surface area contributed by atoms with Crippen molar-refractivity contribution in [1.82, 2.24) is 9.88 Å². The maximum Gasteiger partial charge on any atom is 0.222 e. The zero-order chi connectivity index (χ0) is 12.3. The van der Waals surface area contributed by atoms with Crippen molar-refractivity contribution >= 4 is 18.5 Å². The van der Waals surface area contributed by atoms with Crippen molar-refractivity contribution in [2.24, 2.45) is 5.92 Å². The van der Waals surface area contributed by atoms with Gasteiger partial charge in [0.1, 0.15) is 0 Å². The summed E-state index contributed by atoms with van der Waals surface area (Å²) in [5, 5.41) is 0. The van der Waals surface area contributed by atoms with E-state index in [0.29, 0.717) is 12.3 Å². The van der Waals surface area contributed by atoms with Crippen LogP contribution in [0.3, 0.4) is 0 Å². The highest BCUT2D eigenvalue weighted by atomic mass is 32.1. The monoisotopic (exact) mass is 250 g/mol. The molecule has 1 unspecified atom stereocenters. The molecule has 1 saturated heterocycles. The third-order valence-corrected chi connectivity index (χ3v) is 3.65. The van der Waals surface area contributed by atoms with E-state index in [9.17, 15) is 4.79 Å². The molecule has 17 heavy (non-hydrogen) atoms. The molecule has 1 atom stereocenters. The first-order chi connectivity index (χ1) is 8.19. The second-order valence-corrected chi connectivity index (χ2v) is 4.98. The average molecular weight is 250 g/mol. The Labute approximate surface area is 108 Å². The van der Waals surface area contributed by atoms with Gasteiger partial charge in [0, 0.05) is 37.3 Å². The van der Waals surface area contributed by atoms with Crippen LogP contribution in [0.1, 0.15) is 17.8 Å². The molecule has 3 nitrogen and oxygen atoms in total. The summed E-state index contributed by atoms with van der Waals surface area (Å²) in [6.07, 6.45) is 1.50. The van der Waals surface area contributed by atoms with Gasteiger partial charge in [0.2, 0.25) is 5.91 Å². The van der Waals surface area contributed by atoms with Gasteiger partial charge in [-0.05, 0) is 30.7 Å². The van der Waals surface area contributed by atoms with Crippen LogP contribution in [-0.2, 0) is 11.2 Å². The Hall–Kier alpha value is -1.03. The third-order valence-electron chi connectivity index (χ3n) is 3.14. The van der Waals surface area contributed by atoms with Crippen molar-refractivity contribution in [3.05, 3.63) is 29.6 Å². The van der Waals surface area contributed by atoms with Gasteiger partial charge in [-0.2, -0.15) is 12.6 Å². The Morgan fingerprint density at radius 3 is 3.00 bits per heavy atom. The number of carbonyl (C=O) groups is 1. The number of likely N-dealkylation sites (tertiary alicyclic amines) is 1. The lowest BCUT2D eigenvalue weighted by Gasteiger charge is -2.15. The second-order valence-electron chi connectivity index (χ2n) is 4.61. The summed E-state index contributed by atoms with van der Waals surface area (Å²) in [5.41, 5.74) is 2.09. The lowest BCUT2D eigenvalue weighted by atomic mass is 10.1. The first-order valence-electron chi connectivity index (χ1n) is 6.00. The van der Waals surface area contributed by atoms with Crippen LogP contribution in [0.25, 0.3) is 0 Å². The van der Waals surface area contributed by atoms with Crippen molar-refractivity contribution in [3.63, 3.8) is 0 Å². The molecule has 1 aliphatic heterocycles. The molecule has 1 aromatic heterocycles. The maximum absolute atomic E-state index is 11.7. The molecule has 4 heteroatoms. The van der Waals surface area contributed by atoms with Crippen LogP contribution in [0.2, 0.25) is 0 Å². The molecule has 0 aliphatic carbocycles. The predicted molar refractivity (Wildman–Crippen MR) is 71.2 cm³/mol. The summed E-state index contributed by atoms with van der Waals surface area (Å²) in [5.74, 6) is 1.48. The molecule has 92 valence electrons. The number of rotatable bonds is 4. The number of aromatic nitrogens is 1. The largest absolute Gasteiger partial charge is 0.342 e. The maximum atomic E-state index is 11.7. The number of carbonyl (C=O) groups excluding carboxylic acids is 1. The standard InChI is InChI=1S/C13H18N2OS/c1-10-3-2-4-12(14-10)5-6-15-8-11(9-17)7-13(15)16/h2-4,11,17H,5-9H2,1H3. The van der Waals surface area contributed by atoms with Crippen LogP contribution in [0.5, 0.6) is 0 Å². The van der Waals surface area contributed by atoms with Gasteiger partial charge in [-0.15, -0.1) is 0 Å². The minimum atomic E-state index is 0.261. The normalized spacial score (nSPS) is 20.0. The van der Waals surface area contributed by atoms with Gasteiger partial charge in [0.05, 0.1) is 0 Å². The number of nitrogens with zero attached hydrogens (tertiary/aromatic N) is 2. The van der Waals surface area contributed by atoms with Crippen molar-refractivity contribution in [1.29, 1.82) is 0 Å². The number of hydrogen-bond acceptors (Lipinski definition) is 3. The van der Waals surface area contributed by atoms with Crippen LogP contribution >= 0.6 is 12.6 Å². The van der Waals surface area contributed by atoms with Gasteiger partial charge in [-0.1, -0.05) is 6.07 Å². The lowest BCUT2D eigenvalue weighted by Crippen LogP contribution is -2.27. The predicted octanol–water partition coefficient (Wildman–Crippen LogP) is 1.71. The minimum Gasteiger partial charge on any atom is -0.342 e. The summed E-state index contributed by atoms with van der Waals surface area (Å²) in [4.78, 5) is 18.1. The molecule has 1 aromatic rings. The number of thiol groups is 1. The summed E-state index contributed by atoms with van der Waals surface area (Å²) in [6.45, 7) is 3.62. The van der Waals surface area contributed by atoms with Crippen LogP contribution in [-0.4, -0.2) is 34.6 Å². The zero-order valence-electron chi connectivity index (χ0n) is 10.1. The summed E-state index contributed by atoms with van der Waals surface area (Å²) in [6, 6.07) is 6.02. The van der Waals surface area contributed by atoms with Crippen molar-refractivity contribution < 1.29 is 4.79 Å². The zero-order valence-corrected chi connectivity index (χ0v) is 11.0. The molecule has 2 rings (SSSR count). The smallest absolute Gasteiger partial charge is 0.222 e. The molecule has 2 heterocycles. The van der Waals surface area contributed by atoms with E-state index in [0.717, 1.165) is 36.7 Å². The van der Waals surface area contributed by atoms with E-state index >= 15 is 0 Å². The van der Waals surface area contributed by atoms with Crippen molar-refractivity contribution in [3.8, 4) is 0 Å². The molecular formula is C13H18N2OS. The SMILES string of the molecule is Cc1cccc(CCN2CC(CS)CC2=O)n1. The Morgan fingerprint density at radius 1 is 1.53 bits per heavy atom. The quantitative estimate of drug-likeness (QED) is 0.825. The highest BCUT2D eigenvalue weighted by Gasteiger charge is 2.27. The van der Waals surface area contributed by atoms with E-state index in [2.05, 4.69) is 17.6 Å². The second kappa shape index (κ2) is 5.54. The fraction of sp³-hybridized carbons (Fsp3) is 0.538. The van der Waals surface area contributed by atoms with Crippen LogP contribution in [0.15, 0.2) is 18.2 Å². The Morgan fingerprint density at radius 2 is 2.35 bits per heavy atom. The average Bonchev–Trinajstić information content (AvgIpc) is 2.68. The molecule has 0 radical (unpaired) electrons. The fourth-order valence-corrected chi connectivity index (χ4v) is 2.43. The molecule has 1 amide bonds. The molecular weight excluding hydrogens is 232 g/mol. The number of aryl methyl sites for hydroxylation is 1. The molecule has 0 spiro atoms. The van der Waals surface area contributed by atoms with E-state index in [1.54, 1.807) is 0 Å². The molecule has 0 saturated carbocycles. The molecule has 0 aromatic carbocycles. The number of amides is 1. The van der Waals surface area contributed by atoms with Crippen molar-refractivity contribution in [2.45, 2.75) is 19.8 Å². The van der Waals surface area contributed by atoms with E-state index < -0.39 is 0 Å². The molecule has 1 fully saturated rings. The first kappa shape index (κ1) is 12.4. The Kier molecular flexibility index (Phi) is 4.05. The van der Waals surface area contributed by atoms with Gasteiger partial charge in [-0.25, -0.2) is 0 Å². The highest BCUT2D eigenvalue weighted by molar-refractivity contribution is 7.80. The van der Waals surface area contributed by atoms with Crippen LogP contribution in [0.4, 0.5) is 0 Å². The number of pyridine rings is 1. The Bertz CT molecular complexity index is 408. The number of hydrogen-bond donors (Lipinski definition) is 1. The highest BCUT2D eigenvalue weighted by Crippen LogP contribution is 2.18. The Balaban J connectivity index is 1.88. The van der Waals surface area contributed by atoms with Gasteiger partial charge in [0.25, 0.3) is 0 Å².